The van der Waals surface area contributed by atoms with Gasteiger partial charge in [0.1, 0.15) is 0 Å². The van der Waals surface area contributed by atoms with Crippen LogP contribution in [0.5, 0.6) is 0 Å². The predicted molar refractivity (Wildman–Crippen MR) is 86.1 cm³/mol. The summed E-state index contributed by atoms with van der Waals surface area (Å²) in [6, 6.07) is 18.7. The number of urea groups is 1. The summed E-state index contributed by atoms with van der Waals surface area (Å²) in [5, 5.41) is 14.6. The van der Waals surface area contributed by atoms with Crippen LogP contribution in [0.25, 0.3) is 0 Å². The molecular formula is C18H19N3O. The van der Waals surface area contributed by atoms with Crippen molar-refractivity contribution in [2.45, 2.75) is 25.9 Å². The molecule has 0 radical (unpaired) electrons. The summed E-state index contributed by atoms with van der Waals surface area (Å²) in [5.41, 5.74) is 2.63. The lowest BCUT2D eigenvalue weighted by atomic mass is 10.1. The van der Waals surface area contributed by atoms with Gasteiger partial charge in [0, 0.05) is 0 Å². The van der Waals surface area contributed by atoms with Gasteiger partial charge in [-0.15, -0.1) is 0 Å². The van der Waals surface area contributed by atoms with Crippen LogP contribution in [0.3, 0.4) is 0 Å². The van der Waals surface area contributed by atoms with Gasteiger partial charge in [-0.1, -0.05) is 42.5 Å². The molecule has 2 amide bonds. The molecule has 112 valence electrons. The quantitative estimate of drug-likeness (QED) is 0.903. The van der Waals surface area contributed by atoms with Crippen molar-refractivity contribution >= 4 is 6.03 Å². The molecule has 2 unspecified atom stereocenters. The van der Waals surface area contributed by atoms with E-state index in [4.69, 9.17) is 5.26 Å². The summed E-state index contributed by atoms with van der Waals surface area (Å²) < 4.78 is 0. The fourth-order valence-corrected chi connectivity index (χ4v) is 2.19. The van der Waals surface area contributed by atoms with Crippen molar-refractivity contribution in [1.29, 1.82) is 5.26 Å². The molecule has 0 aromatic heterocycles. The Kier molecular flexibility index (Phi) is 5.16. The molecule has 0 aliphatic carbocycles. The Hall–Kier alpha value is -2.80. The van der Waals surface area contributed by atoms with Gasteiger partial charge in [-0.2, -0.15) is 5.26 Å². The van der Waals surface area contributed by atoms with Gasteiger partial charge >= 0.3 is 6.03 Å². The highest BCUT2D eigenvalue weighted by molar-refractivity contribution is 5.74. The lowest BCUT2D eigenvalue weighted by Gasteiger charge is -2.18. The highest BCUT2D eigenvalue weighted by Crippen LogP contribution is 2.14. The van der Waals surface area contributed by atoms with E-state index in [2.05, 4.69) is 16.7 Å². The maximum atomic E-state index is 12.1. The van der Waals surface area contributed by atoms with Crippen molar-refractivity contribution < 1.29 is 4.79 Å². The maximum absolute atomic E-state index is 12.1. The zero-order chi connectivity index (χ0) is 15.9. The lowest BCUT2D eigenvalue weighted by Crippen LogP contribution is -2.38. The fourth-order valence-electron chi connectivity index (χ4n) is 2.19. The first kappa shape index (κ1) is 15.6. The summed E-state index contributed by atoms with van der Waals surface area (Å²) in [4.78, 5) is 12.1. The van der Waals surface area contributed by atoms with Crippen LogP contribution in [-0.4, -0.2) is 6.03 Å². The Morgan fingerprint density at radius 3 is 1.91 bits per heavy atom. The molecule has 0 bridgehead atoms. The molecule has 0 saturated heterocycles. The molecule has 0 saturated carbocycles. The number of nitrogens with zero attached hydrogens (tertiary/aromatic N) is 1. The highest BCUT2D eigenvalue weighted by atomic mass is 16.2. The Bertz CT molecular complexity index is 659. The second-order valence-corrected chi connectivity index (χ2v) is 5.21. The summed E-state index contributed by atoms with van der Waals surface area (Å²) in [7, 11) is 0. The summed E-state index contributed by atoms with van der Waals surface area (Å²) in [6.07, 6.45) is 0. The van der Waals surface area contributed by atoms with E-state index in [1.165, 1.54) is 0 Å². The first-order chi connectivity index (χ1) is 10.6. The second-order valence-electron chi connectivity index (χ2n) is 5.21. The minimum atomic E-state index is -0.215. The van der Waals surface area contributed by atoms with E-state index < -0.39 is 0 Å². The van der Waals surface area contributed by atoms with Gasteiger partial charge < -0.3 is 10.6 Å². The van der Waals surface area contributed by atoms with Crippen molar-refractivity contribution in [2.75, 3.05) is 0 Å². The minimum absolute atomic E-state index is 0.0608. The van der Waals surface area contributed by atoms with Gasteiger partial charge in [0.25, 0.3) is 0 Å². The van der Waals surface area contributed by atoms with Gasteiger partial charge in [-0.3, -0.25) is 0 Å². The monoisotopic (exact) mass is 293 g/mol. The summed E-state index contributed by atoms with van der Waals surface area (Å²) in [6.45, 7) is 3.86. The number of carbonyl (C=O) groups is 1. The average molecular weight is 293 g/mol. The van der Waals surface area contributed by atoms with Crippen LogP contribution in [-0.2, 0) is 0 Å². The van der Waals surface area contributed by atoms with Gasteiger partial charge in [0.05, 0.1) is 23.7 Å². The molecule has 0 heterocycles. The molecular weight excluding hydrogens is 274 g/mol. The highest BCUT2D eigenvalue weighted by Gasteiger charge is 2.12. The first-order valence-corrected chi connectivity index (χ1v) is 7.22. The smallest absolute Gasteiger partial charge is 0.315 e. The number of hydrogen-bond donors (Lipinski definition) is 2. The number of nitriles is 1. The standard InChI is InChI=1S/C18H19N3O/c1-13(16-6-4-3-5-7-16)20-18(22)21-14(2)17-10-8-15(12-19)9-11-17/h3-11,13-14H,1-2H3,(H2,20,21,22). The van der Waals surface area contributed by atoms with E-state index in [-0.39, 0.29) is 18.1 Å². The van der Waals surface area contributed by atoms with Gasteiger partial charge in [-0.05, 0) is 37.1 Å². The number of amides is 2. The Morgan fingerprint density at radius 1 is 0.909 bits per heavy atom. The molecule has 0 fully saturated rings. The molecule has 4 heteroatoms. The average Bonchev–Trinajstić information content (AvgIpc) is 2.55. The molecule has 0 aliphatic heterocycles. The topological polar surface area (TPSA) is 64.9 Å². The van der Waals surface area contributed by atoms with Crippen LogP contribution in [0.1, 0.15) is 42.6 Å². The van der Waals surface area contributed by atoms with Crippen molar-refractivity contribution in [3.8, 4) is 6.07 Å². The van der Waals surface area contributed by atoms with E-state index in [0.717, 1.165) is 11.1 Å². The van der Waals surface area contributed by atoms with E-state index in [9.17, 15) is 4.79 Å². The zero-order valence-electron chi connectivity index (χ0n) is 12.7. The third kappa shape index (κ3) is 4.10. The van der Waals surface area contributed by atoms with E-state index >= 15 is 0 Å². The number of hydrogen-bond acceptors (Lipinski definition) is 2. The Balaban J connectivity index is 1.92. The molecule has 2 aromatic rings. The number of carbonyl (C=O) groups excluding carboxylic acids is 1. The van der Waals surface area contributed by atoms with Crippen LogP contribution in [0, 0.1) is 11.3 Å². The van der Waals surface area contributed by atoms with Gasteiger partial charge in [0.15, 0.2) is 0 Å². The third-order valence-corrected chi connectivity index (χ3v) is 3.53. The Labute approximate surface area is 130 Å². The molecule has 22 heavy (non-hydrogen) atoms. The summed E-state index contributed by atoms with van der Waals surface area (Å²) in [5.74, 6) is 0. The fraction of sp³-hybridized carbons (Fsp3) is 0.222. The summed E-state index contributed by atoms with van der Waals surface area (Å²) >= 11 is 0. The minimum Gasteiger partial charge on any atom is -0.332 e. The molecule has 2 atom stereocenters. The van der Waals surface area contributed by atoms with Crippen molar-refractivity contribution in [1.82, 2.24) is 10.6 Å². The zero-order valence-corrected chi connectivity index (χ0v) is 12.7. The van der Waals surface area contributed by atoms with Crippen molar-refractivity contribution in [3.63, 3.8) is 0 Å². The van der Waals surface area contributed by atoms with E-state index in [1.807, 2.05) is 56.3 Å². The molecule has 0 spiro atoms. The maximum Gasteiger partial charge on any atom is 0.315 e. The van der Waals surface area contributed by atoms with Gasteiger partial charge in [-0.25, -0.2) is 4.79 Å². The Morgan fingerprint density at radius 2 is 1.41 bits per heavy atom. The molecule has 2 N–H and O–H groups in total. The molecule has 0 aliphatic rings. The molecule has 2 rings (SSSR count). The molecule has 2 aromatic carbocycles. The van der Waals surface area contributed by atoms with Crippen LogP contribution in [0.2, 0.25) is 0 Å². The van der Waals surface area contributed by atoms with E-state index in [1.54, 1.807) is 12.1 Å². The largest absolute Gasteiger partial charge is 0.332 e. The van der Waals surface area contributed by atoms with Crippen LogP contribution in [0.4, 0.5) is 4.79 Å². The lowest BCUT2D eigenvalue weighted by molar-refractivity contribution is 0.235. The predicted octanol–water partition coefficient (Wildman–Crippen LogP) is 3.68. The van der Waals surface area contributed by atoms with Gasteiger partial charge in [0.2, 0.25) is 0 Å². The third-order valence-electron chi connectivity index (χ3n) is 3.53. The van der Waals surface area contributed by atoms with Crippen LogP contribution in [0.15, 0.2) is 54.6 Å². The number of nitrogens with one attached hydrogen (secondary N) is 2. The van der Waals surface area contributed by atoms with E-state index in [0.29, 0.717) is 5.56 Å². The van der Waals surface area contributed by atoms with Crippen molar-refractivity contribution in [3.05, 3.63) is 71.3 Å². The number of rotatable bonds is 4. The molecule has 4 nitrogen and oxygen atoms in total. The first-order valence-electron chi connectivity index (χ1n) is 7.22. The van der Waals surface area contributed by atoms with Crippen LogP contribution >= 0.6 is 0 Å². The van der Waals surface area contributed by atoms with Crippen LogP contribution < -0.4 is 10.6 Å². The number of benzene rings is 2. The second kappa shape index (κ2) is 7.28. The normalized spacial score (nSPS) is 12.8. The van der Waals surface area contributed by atoms with Crippen molar-refractivity contribution in [2.24, 2.45) is 0 Å². The SMILES string of the molecule is CC(NC(=O)NC(C)c1ccc(C#N)cc1)c1ccccc1.